The molecule has 136 valence electrons. The number of aliphatic hydroxyl groups excluding tert-OH is 1. The Morgan fingerprint density at radius 1 is 1.20 bits per heavy atom. The molecule has 0 radical (unpaired) electrons. The van der Waals surface area contributed by atoms with E-state index in [2.05, 4.69) is 32.7 Å². The summed E-state index contributed by atoms with van der Waals surface area (Å²) < 4.78 is 2.40. The lowest BCUT2D eigenvalue weighted by Crippen LogP contribution is -2.10. The Kier molecular flexibility index (Phi) is 6.51. The number of aromatic nitrogens is 2. The van der Waals surface area contributed by atoms with Crippen LogP contribution in [-0.4, -0.2) is 44.8 Å². The second kappa shape index (κ2) is 8.83. The topological polar surface area (TPSA) is 75.3 Å². The lowest BCUT2D eigenvalue weighted by atomic mass is 9.96. The quantitative estimate of drug-likeness (QED) is 0.797. The van der Waals surface area contributed by atoms with Crippen molar-refractivity contribution in [1.82, 2.24) is 14.3 Å². The molecule has 1 unspecified atom stereocenters. The van der Waals surface area contributed by atoms with E-state index < -0.39 is 0 Å². The fraction of sp³-hybridized carbons (Fsp3) is 0.579. The molecule has 3 N–H and O–H groups in total. The SMILES string of the molecule is CSN1CCC(c2cccc3cnc(N)nc23)C1.OC1CCCCC1. The van der Waals surface area contributed by atoms with E-state index >= 15 is 0 Å². The first kappa shape index (κ1) is 18.4. The number of para-hydroxylation sites is 1. The van der Waals surface area contributed by atoms with E-state index in [1.165, 1.54) is 31.2 Å². The molecule has 25 heavy (non-hydrogen) atoms. The molecule has 1 atom stereocenters. The Bertz CT molecular complexity index is 690. The van der Waals surface area contributed by atoms with Crippen molar-refractivity contribution >= 4 is 28.8 Å². The van der Waals surface area contributed by atoms with Crippen LogP contribution >= 0.6 is 11.9 Å². The lowest BCUT2D eigenvalue weighted by molar-refractivity contribution is 0.130. The van der Waals surface area contributed by atoms with Crippen LogP contribution in [0.25, 0.3) is 10.9 Å². The van der Waals surface area contributed by atoms with Gasteiger partial charge in [-0.25, -0.2) is 9.97 Å². The second-order valence-corrected chi connectivity index (χ2v) is 7.74. The number of rotatable bonds is 2. The number of hydrogen-bond acceptors (Lipinski definition) is 6. The summed E-state index contributed by atoms with van der Waals surface area (Å²) in [6, 6.07) is 6.29. The summed E-state index contributed by atoms with van der Waals surface area (Å²) >= 11 is 1.82. The number of benzene rings is 1. The van der Waals surface area contributed by atoms with Gasteiger partial charge >= 0.3 is 0 Å². The van der Waals surface area contributed by atoms with Crippen molar-refractivity contribution < 1.29 is 5.11 Å². The smallest absolute Gasteiger partial charge is 0.220 e. The van der Waals surface area contributed by atoms with Crippen molar-refractivity contribution in [1.29, 1.82) is 0 Å². The van der Waals surface area contributed by atoms with E-state index in [4.69, 9.17) is 10.8 Å². The van der Waals surface area contributed by atoms with Crippen molar-refractivity contribution in [2.45, 2.75) is 50.5 Å². The van der Waals surface area contributed by atoms with E-state index in [1.54, 1.807) is 0 Å². The summed E-state index contributed by atoms with van der Waals surface area (Å²) in [4.78, 5) is 8.47. The van der Waals surface area contributed by atoms with Gasteiger partial charge in [0.15, 0.2) is 0 Å². The van der Waals surface area contributed by atoms with E-state index in [0.29, 0.717) is 11.9 Å². The minimum atomic E-state index is 0.0359. The summed E-state index contributed by atoms with van der Waals surface area (Å²) in [5, 5.41) is 9.98. The van der Waals surface area contributed by atoms with Gasteiger partial charge < -0.3 is 10.8 Å². The molecule has 1 aliphatic carbocycles. The van der Waals surface area contributed by atoms with Crippen LogP contribution < -0.4 is 5.73 Å². The molecule has 1 aliphatic heterocycles. The predicted octanol–water partition coefficient (Wildman–Crippen LogP) is 3.59. The third-order valence-corrected chi connectivity index (χ3v) is 5.93. The van der Waals surface area contributed by atoms with Gasteiger partial charge in [-0.05, 0) is 31.1 Å². The summed E-state index contributed by atoms with van der Waals surface area (Å²) in [5.74, 6) is 0.908. The molecule has 1 aromatic carbocycles. The molecule has 6 heteroatoms. The first-order chi connectivity index (χ1) is 12.2. The fourth-order valence-corrected chi connectivity index (χ4v) is 4.27. The maximum atomic E-state index is 8.91. The summed E-state index contributed by atoms with van der Waals surface area (Å²) in [6.45, 7) is 2.23. The summed E-state index contributed by atoms with van der Waals surface area (Å²) in [7, 11) is 0. The van der Waals surface area contributed by atoms with Gasteiger partial charge in [-0.3, -0.25) is 4.31 Å². The number of nitrogens with two attached hydrogens (primary N) is 1. The largest absolute Gasteiger partial charge is 0.393 e. The molecule has 1 saturated heterocycles. The zero-order valence-corrected chi connectivity index (χ0v) is 15.7. The predicted molar refractivity (Wildman–Crippen MR) is 105 cm³/mol. The molecule has 0 spiro atoms. The minimum Gasteiger partial charge on any atom is -0.393 e. The molecule has 2 heterocycles. The molecule has 5 nitrogen and oxygen atoms in total. The lowest BCUT2D eigenvalue weighted by Gasteiger charge is -2.14. The molecule has 1 aromatic heterocycles. The maximum Gasteiger partial charge on any atom is 0.220 e. The Morgan fingerprint density at radius 3 is 2.64 bits per heavy atom. The van der Waals surface area contributed by atoms with Gasteiger partial charge in [0.1, 0.15) is 0 Å². The highest BCUT2D eigenvalue weighted by Crippen LogP contribution is 2.33. The van der Waals surface area contributed by atoms with Crippen molar-refractivity contribution in [2.75, 3.05) is 25.1 Å². The third kappa shape index (κ3) is 4.84. The summed E-state index contributed by atoms with van der Waals surface area (Å²) in [6.07, 6.45) is 11.0. The molecule has 4 rings (SSSR count). The highest BCUT2D eigenvalue weighted by Gasteiger charge is 2.25. The average molecular weight is 361 g/mol. The molecule has 0 bridgehead atoms. The second-order valence-electron chi connectivity index (χ2n) is 6.86. The van der Waals surface area contributed by atoms with Gasteiger partial charge in [-0.15, -0.1) is 0 Å². The van der Waals surface area contributed by atoms with Crippen LogP contribution in [0.1, 0.15) is 50.0 Å². The van der Waals surface area contributed by atoms with Crippen LogP contribution in [0, 0.1) is 0 Å². The third-order valence-electron chi connectivity index (χ3n) is 5.08. The van der Waals surface area contributed by atoms with E-state index in [9.17, 15) is 0 Å². The van der Waals surface area contributed by atoms with Crippen LogP contribution in [0.2, 0.25) is 0 Å². The van der Waals surface area contributed by atoms with Gasteiger partial charge in [0.25, 0.3) is 0 Å². The monoisotopic (exact) mass is 360 g/mol. The van der Waals surface area contributed by atoms with Crippen molar-refractivity contribution in [3.63, 3.8) is 0 Å². The average Bonchev–Trinajstić information content (AvgIpc) is 3.11. The van der Waals surface area contributed by atoms with Crippen LogP contribution in [0.4, 0.5) is 5.95 Å². The van der Waals surface area contributed by atoms with Crippen LogP contribution in [0.3, 0.4) is 0 Å². The van der Waals surface area contributed by atoms with Crippen LogP contribution in [-0.2, 0) is 0 Å². The Labute approximate surface area is 154 Å². The molecule has 0 amide bonds. The Hall–Kier alpha value is -1.37. The van der Waals surface area contributed by atoms with E-state index in [-0.39, 0.29) is 6.10 Å². The maximum absolute atomic E-state index is 8.91. The normalized spacial score (nSPS) is 21.9. The van der Waals surface area contributed by atoms with Gasteiger partial charge in [0.05, 0.1) is 11.6 Å². The minimum absolute atomic E-state index is 0.0359. The molecular formula is C19H28N4OS. The number of nitrogen functional groups attached to an aromatic ring is 1. The van der Waals surface area contributed by atoms with Crippen molar-refractivity contribution in [3.8, 4) is 0 Å². The molecule has 2 fully saturated rings. The number of nitrogens with zero attached hydrogens (tertiary/aromatic N) is 3. The van der Waals surface area contributed by atoms with Gasteiger partial charge in [-0.1, -0.05) is 49.4 Å². The molecule has 2 aliphatic rings. The number of fused-ring (bicyclic) bond motifs is 1. The molecule has 2 aromatic rings. The summed E-state index contributed by atoms with van der Waals surface area (Å²) in [5.41, 5.74) is 8.02. The molecule has 1 saturated carbocycles. The highest BCUT2D eigenvalue weighted by molar-refractivity contribution is 7.96. The highest BCUT2D eigenvalue weighted by atomic mass is 32.2. The Balaban J connectivity index is 0.000000219. The Morgan fingerprint density at radius 2 is 2.00 bits per heavy atom. The van der Waals surface area contributed by atoms with Gasteiger partial charge in [-0.2, -0.15) is 0 Å². The van der Waals surface area contributed by atoms with Crippen molar-refractivity contribution in [2.24, 2.45) is 0 Å². The van der Waals surface area contributed by atoms with Gasteiger partial charge in [0, 0.05) is 30.6 Å². The van der Waals surface area contributed by atoms with Crippen molar-refractivity contribution in [3.05, 3.63) is 30.0 Å². The standard InChI is InChI=1S/C13H16N4S.C6H12O/c1-18-17-6-5-10(8-17)11-4-2-3-9-7-15-13(14)16-12(9)11;7-6-4-2-1-3-5-6/h2-4,7,10H,5-6,8H2,1H3,(H2,14,15,16);6-7H,1-5H2. The van der Waals surface area contributed by atoms with E-state index in [0.717, 1.165) is 36.8 Å². The fourth-order valence-electron chi connectivity index (χ4n) is 3.65. The van der Waals surface area contributed by atoms with Crippen LogP contribution in [0.15, 0.2) is 24.4 Å². The zero-order valence-electron chi connectivity index (χ0n) is 14.9. The molecular weight excluding hydrogens is 332 g/mol. The number of anilines is 1. The number of aliphatic hydroxyl groups is 1. The van der Waals surface area contributed by atoms with E-state index in [1.807, 2.05) is 24.2 Å². The first-order valence-corrected chi connectivity index (χ1v) is 10.3. The van der Waals surface area contributed by atoms with Gasteiger partial charge in [0.2, 0.25) is 5.95 Å². The first-order valence-electron chi connectivity index (χ1n) is 9.15. The zero-order chi connectivity index (χ0) is 17.6. The number of hydrogen-bond donors (Lipinski definition) is 2. The van der Waals surface area contributed by atoms with Crippen LogP contribution in [0.5, 0.6) is 0 Å².